The third-order valence-corrected chi connectivity index (χ3v) is 15.5. The molecule has 0 atom stereocenters. The molecule has 0 aliphatic carbocycles. The Morgan fingerprint density at radius 3 is 1.65 bits per heavy atom. The maximum Gasteiger partial charge on any atom is 0.333 e. The Bertz CT molecular complexity index is 3880. The minimum atomic E-state index is -0.262. The van der Waals surface area contributed by atoms with Gasteiger partial charge in [-0.25, -0.2) is 0 Å². The first-order chi connectivity index (χ1) is 35.9. The summed E-state index contributed by atoms with van der Waals surface area (Å²) in [6.07, 6.45) is 0. The van der Waals surface area contributed by atoms with E-state index in [4.69, 9.17) is 4.42 Å². The molecular formula is C69H58BN3O. The smallest absolute Gasteiger partial charge is 0.333 e. The van der Waals surface area contributed by atoms with Gasteiger partial charge in [0.15, 0.2) is 0 Å². The van der Waals surface area contributed by atoms with Crippen LogP contribution in [0.4, 0.5) is 45.5 Å². The molecule has 0 radical (unpaired) electrons. The summed E-state index contributed by atoms with van der Waals surface area (Å²) in [6.45, 7) is 15.7. The first-order valence-electron chi connectivity index (χ1n) is 26.0. The Kier molecular flexibility index (Phi) is 10.6. The second-order valence-corrected chi connectivity index (χ2v) is 22.2. The zero-order valence-corrected chi connectivity index (χ0v) is 43.2. The number of benzene rings is 10. The SMILES string of the molecule is Cc1cc(-c2ccccc2)ccc1N1c2ccc(N(c3ccc(C(C)(C)C)cc3)c3ccc(C(C)(C)C)cc3)cc2B2c3c1cc1c(oc4ccccc41)c3-c1ccccc1N2c1cccc(-c2ccccc2)c1. The lowest BCUT2D eigenvalue weighted by Gasteiger charge is -2.46. The summed E-state index contributed by atoms with van der Waals surface area (Å²) in [5, 5.41) is 2.21. The molecule has 0 saturated heterocycles. The molecule has 0 bridgehead atoms. The van der Waals surface area contributed by atoms with Gasteiger partial charge in [0.05, 0.1) is 0 Å². The Labute approximate surface area is 435 Å². The summed E-state index contributed by atoms with van der Waals surface area (Å²) in [4.78, 5) is 7.60. The maximum absolute atomic E-state index is 7.11. The van der Waals surface area contributed by atoms with E-state index >= 15 is 0 Å². The van der Waals surface area contributed by atoms with Gasteiger partial charge in [0.25, 0.3) is 0 Å². The summed E-state index contributed by atoms with van der Waals surface area (Å²) >= 11 is 0. The van der Waals surface area contributed by atoms with Crippen LogP contribution < -0.4 is 25.5 Å². The monoisotopic (exact) mass is 955 g/mol. The topological polar surface area (TPSA) is 22.9 Å². The van der Waals surface area contributed by atoms with E-state index in [0.717, 1.165) is 78.6 Å². The molecule has 11 aromatic rings. The van der Waals surface area contributed by atoms with Gasteiger partial charge in [0.1, 0.15) is 11.2 Å². The molecule has 1 aromatic heterocycles. The predicted molar refractivity (Wildman–Crippen MR) is 315 cm³/mol. The molecule has 4 nitrogen and oxygen atoms in total. The van der Waals surface area contributed by atoms with Gasteiger partial charge in [-0.05, 0) is 153 Å². The van der Waals surface area contributed by atoms with Gasteiger partial charge in [-0.3, -0.25) is 0 Å². The first kappa shape index (κ1) is 45.3. The minimum absolute atomic E-state index is 0.0132. The van der Waals surface area contributed by atoms with Crippen molar-refractivity contribution in [3.63, 3.8) is 0 Å². The zero-order valence-electron chi connectivity index (χ0n) is 43.2. The van der Waals surface area contributed by atoms with Crippen LogP contribution in [0.1, 0.15) is 58.2 Å². The van der Waals surface area contributed by atoms with Gasteiger partial charge >= 0.3 is 6.85 Å². The molecule has 0 fully saturated rings. The molecule has 2 aliphatic rings. The van der Waals surface area contributed by atoms with E-state index in [-0.39, 0.29) is 17.7 Å². The highest BCUT2D eigenvalue weighted by Gasteiger charge is 2.47. The molecule has 0 saturated carbocycles. The Morgan fingerprint density at radius 2 is 1.00 bits per heavy atom. The summed E-state index contributed by atoms with van der Waals surface area (Å²) in [7, 11) is 0. The van der Waals surface area contributed by atoms with Crippen molar-refractivity contribution in [2.24, 2.45) is 0 Å². The lowest BCUT2D eigenvalue weighted by atomic mass is 9.43. The van der Waals surface area contributed by atoms with Crippen LogP contribution in [-0.2, 0) is 10.8 Å². The molecule has 10 aromatic carbocycles. The molecule has 0 unspecified atom stereocenters. The van der Waals surface area contributed by atoms with E-state index in [9.17, 15) is 0 Å². The quantitative estimate of drug-likeness (QED) is 0.149. The summed E-state index contributed by atoms with van der Waals surface area (Å²) < 4.78 is 7.11. The van der Waals surface area contributed by atoms with Crippen LogP contribution in [0.3, 0.4) is 0 Å². The number of para-hydroxylation sites is 2. The summed E-state index contributed by atoms with van der Waals surface area (Å²) in [5.74, 6) is 0. The van der Waals surface area contributed by atoms with Gasteiger partial charge in [-0.15, -0.1) is 0 Å². The second kappa shape index (κ2) is 17.3. The van der Waals surface area contributed by atoms with Crippen LogP contribution in [0, 0.1) is 6.92 Å². The molecular weight excluding hydrogens is 898 g/mol. The number of fused-ring (bicyclic) bond motifs is 8. The van der Waals surface area contributed by atoms with Crippen molar-refractivity contribution < 1.29 is 4.42 Å². The van der Waals surface area contributed by atoms with E-state index in [1.807, 2.05) is 0 Å². The van der Waals surface area contributed by atoms with Gasteiger partial charge in [0.2, 0.25) is 0 Å². The average Bonchev–Trinajstić information content (AvgIpc) is 3.86. The maximum atomic E-state index is 7.11. The van der Waals surface area contributed by atoms with Crippen molar-refractivity contribution >= 4 is 85.2 Å². The highest BCUT2D eigenvalue weighted by molar-refractivity contribution is 6.94. The van der Waals surface area contributed by atoms with E-state index < -0.39 is 0 Å². The molecule has 0 N–H and O–H groups in total. The average molecular weight is 956 g/mol. The van der Waals surface area contributed by atoms with E-state index in [2.05, 4.69) is 288 Å². The van der Waals surface area contributed by atoms with E-state index in [1.54, 1.807) is 0 Å². The Morgan fingerprint density at radius 1 is 0.432 bits per heavy atom. The van der Waals surface area contributed by atoms with Crippen LogP contribution in [-0.4, -0.2) is 6.85 Å². The van der Waals surface area contributed by atoms with Crippen molar-refractivity contribution in [2.45, 2.75) is 59.3 Å². The van der Waals surface area contributed by atoms with Gasteiger partial charge in [-0.1, -0.05) is 181 Å². The third-order valence-electron chi connectivity index (χ3n) is 15.5. The number of hydrogen-bond donors (Lipinski definition) is 0. The molecule has 358 valence electrons. The highest BCUT2D eigenvalue weighted by atomic mass is 16.3. The number of anilines is 8. The van der Waals surface area contributed by atoms with Gasteiger partial charge in [-0.2, -0.15) is 0 Å². The largest absolute Gasteiger partial charge is 0.455 e. The van der Waals surface area contributed by atoms with Crippen LogP contribution in [0.2, 0.25) is 0 Å². The number of aryl methyl sites for hydroxylation is 1. The predicted octanol–water partition coefficient (Wildman–Crippen LogP) is 18.0. The Balaban J connectivity index is 1.12. The van der Waals surface area contributed by atoms with E-state index in [1.165, 1.54) is 49.9 Å². The minimum Gasteiger partial charge on any atom is -0.455 e. The zero-order chi connectivity index (χ0) is 50.5. The van der Waals surface area contributed by atoms with Crippen molar-refractivity contribution in [3.05, 3.63) is 241 Å². The van der Waals surface area contributed by atoms with Crippen molar-refractivity contribution in [3.8, 4) is 33.4 Å². The van der Waals surface area contributed by atoms with Gasteiger partial charge < -0.3 is 19.0 Å². The highest BCUT2D eigenvalue weighted by Crippen LogP contribution is 2.52. The fourth-order valence-electron chi connectivity index (χ4n) is 11.7. The molecule has 0 amide bonds. The number of hydrogen-bond acceptors (Lipinski definition) is 4. The van der Waals surface area contributed by atoms with Crippen LogP contribution in [0.5, 0.6) is 0 Å². The normalized spacial score (nSPS) is 13.0. The van der Waals surface area contributed by atoms with Crippen molar-refractivity contribution in [1.82, 2.24) is 0 Å². The van der Waals surface area contributed by atoms with Crippen LogP contribution >= 0.6 is 0 Å². The standard InChI is InChI=1S/C69H58BN3O/c1-45-41-49(47-21-12-9-13-22-47)29-39-60(45)72-62-40-38-54(71(52-34-30-50(31-35-52)68(2,3)4)53-36-32-51(33-37-53)69(5,6)7)43-59(62)70-66-63(72)44-58-56-25-15-17-28-64(56)74-67(58)65(66)57-26-14-16-27-61(57)73(70)55-24-18-23-48(42-55)46-19-10-8-11-20-46/h8-44H,1-7H3. The Hall–Kier alpha value is -8.54. The first-order valence-corrected chi connectivity index (χ1v) is 26.0. The molecule has 0 spiro atoms. The number of nitrogens with zero attached hydrogens (tertiary/aromatic N) is 3. The second-order valence-electron chi connectivity index (χ2n) is 22.2. The lowest BCUT2D eigenvalue weighted by Crippen LogP contribution is -2.61. The van der Waals surface area contributed by atoms with E-state index in [0.29, 0.717) is 0 Å². The van der Waals surface area contributed by atoms with Crippen LogP contribution in [0.15, 0.2) is 229 Å². The van der Waals surface area contributed by atoms with Gasteiger partial charge in [0, 0.05) is 67.4 Å². The molecule has 13 rings (SSSR count). The molecule has 5 heteroatoms. The van der Waals surface area contributed by atoms with Crippen molar-refractivity contribution in [2.75, 3.05) is 14.6 Å². The summed E-state index contributed by atoms with van der Waals surface area (Å²) in [6, 6.07) is 83.0. The number of furan rings is 1. The van der Waals surface area contributed by atoms with Crippen LogP contribution in [0.25, 0.3) is 55.3 Å². The third kappa shape index (κ3) is 7.52. The fourth-order valence-corrected chi connectivity index (χ4v) is 11.7. The summed E-state index contributed by atoms with van der Waals surface area (Å²) in [5.41, 5.74) is 24.0. The lowest BCUT2D eigenvalue weighted by molar-refractivity contribution is 0.590. The molecule has 74 heavy (non-hydrogen) atoms. The van der Waals surface area contributed by atoms with Crippen molar-refractivity contribution in [1.29, 1.82) is 0 Å². The molecule has 3 heterocycles. The number of rotatable bonds is 7. The molecule has 2 aliphatic heterocycles. The fraction of sp³-hybridized carbons (Fsp3) is 0.130.